The summed E-state index contributed by atoms with van der Waals surface area (Å²) in [5.74, 6) is -0.229. The number of carbonyl (C=O) groups is 1. The first-order chi connectivity index (χ1) is 8.16. The molecule has 0 unspecified atom stereocenters. The molecular formula is C11H8BrClN2OS. The van der Waals surface area contributed by atoms with Gasteiger partial charge in [0.1, 0.15) is 10.8 Å². The van der Waals surface area contributed by atoms with Crippen molar-refractivity contribution in [1.29, 1.82) is 0 Å². The van der Waals surface area contributed by atoms with E-state index in [0.29, 0.717) is 17.4 Å². The molecule has 0 aliphatic rings. The Morgan fingerprint density at radius 3 is 2.94 bits per heavy atom. The predicted octanol–water partition coefficient (Wildman–Crippen LogP) is 3.49. The number of thiophene rings is 1. The zero-order chi connectivity index (χ0) is 12.3. The Morgan fingerprint density at radius 1 is 1.47 bits per heavy atom. The number of aromatic nitrogens is 1. The van der Waals surface area contributed by atoms with E-state index in [1.165, 1.54) is 0 Å². The highest BCUT2D eigenvalue weighted by Gasteiger charge is 2.08. The number of pyridine rings is 1. The minimum absolute atomic E-state index is 0.229. The third-order valence-electron chi connectivity index (χ3n) is 2.05. The van der Waals surface area contributed by atoms with Crippen LogP contribution in [0.15, 0.2) is 34.1 Å². The van der Waals surface area contributed by atoms with E-state index in [4.69, 9.17) is 11.6 Å². The van der Waals surface area contributed by atoms with Gasteiger partial charge in [0.25, 0.3) is 5.91 Å². The van der Waals surface area contributed by atoms with Crippen LogP contribution in [0.3, 0.4) is 0 Å². The predicted molar refractivity (Wildman–Crippen MR) is 72.4 cm³/mol. The lowest BCUT2D eigenvalue weighted by atomic mass is 10.3. The van der Waals surface area contributed by atoms with Crippen LogP contribution < -0.4 is 5.32 Å². The second-order valence-electron chi connectivity index (χ2n) is 3.22. The zero-order valence-electron chi connectivity index (χ0n) is 8.61. The van der Waals surface area contributed by atoms with Crippen molar-refractivity contribution < 1.29 is 4.79 Å². The monoisotopic (exact) mass is 330 g/mol. The summed E-state index contributed by atoms with van der Waals surface area (Å²) in [6, 6.07) is 6.91. The van der Waals surface area contributed by atoms with E-state index in [0.717, 1.165) is 9.35 Å². The molecule has 2 heterocycles. The second-order valence-corrected chi connectivity index (χ2v) is 5.46. The van der Waals surface area contributed by atoms with E-state index in [1.807, 2.05) is 11.4 Å². The molecule has 0 radical (unpaired) electrons. The fourth-order valence-electron chi connectivity index (χ4n) is 1.24. The van der Waals surface area contributed by atoms with Crippen molar-refractivity contribution in [2.75, 3.05) is 0 Å². The van der Waals surface area contributed by atoms with Crippen molar-refractivity contribution in [3.63, 3.8) is 0 Å². The Kier molecular flexibility index (Phi) is 4.15. The third kappa shape index (κ3) is 3.28. The first-order valence-corrected chi connectivity index (χ1v) is 6.84. The highest BCUT2D eigenvalue weighted by molar-refractivity contribution is 9.10. The molecule has 0 bridgehead atoms. The molecule has 2 rings (SSSR count). The van der Waals surface area contributed by atoms with Crippen molar-refractivity contribution >= 4 is 44.8 Å². The van der Waals surface area contributed by atoms with Crippen LogP contribution in [-0.4, -0.2) is 10.9 Å². The smallest absolute Gasteiger partial charge is 0.270 e. The van der Waals surface area contributed by atoms with Crippen LogP contribution >= 0.6 is 38.9 Å². The Hall–Kier alpha value is -0.910. The van der Waals surface area contributed by atoms with Gasteiger partial charge in [0.2, 0.25) is 0 Å². The Balaban J connectivity index is 2.01. The van der Waals surface area contributed by atoms with Crippen LogP contribution in [0.2, 0.25) is 5.15 Å². The number of hydrogen-bond donors (Lipinski definition) is 1. The standard InChI is InChI=1S/C11H8BrClN2OS/c12-7-4-5-17-9(7)6-14-11(16)8-2-1-3-10(13)15-8/h1-5H,6H2,(H,14,16). The van der Waals surface area contributed by atoms with Gasteiger partial charge in [-0.15, -0.1) is 11.3 Å². The third-order valence-corrected chi connectivity index (χ3v) is 4.19. The molecule has 0 aliphatic carbocycles. The first-order valence-electron chi connectivity index (χ1n) is 4.79. The molecule has 2 aromatic heterocycles. The van der Waals surface area contributed by atoms with Crippen LogP contribution in [-0.2, 0) is 6.54 Å². The molecule has 6 heteroatoms. The number of nitrogens with one attached hydrogen (secondary N) is 1. The summed E-state index contributed by atoms with van der Waals surface area (Å²) in [5.41, 5.74) is 0.324. The Labute approximate surface area is 116 Å². The van der Waals surface area contributed by atoms with Gasteiger partial charge in [-0.2, -0.15) is 0 Å². The van der Waals surface area contributed by atoms with Gasteiger partial charge in [0, 0.05) is 9.35 Å². The topological polar surface area (TPSA) is 42.0 Å². The van der Waals surface area contributed by atoms with Crippen molar-refractivity contribution in [2.24, 2.45) is 0 Å². The lowest BCUT2D eigenvalue weighted by Crippen LogP contribution is -2.23. The molecule has 0 atom stereocenters. The Bertz CT molecular complexity index is 544. The van der Waals surface area contributed by atoms with Crippen LogP contribution in [0.4, 0.5) is 0 Å². The lowest BCUT2D eigenvalue weighted by Gasteiger charge is -2.03. The zero-order valence-corrected chi connectivity index (χ0v) is 11.8. The van der Waals surface area contributed by atoms with Gasteiger partial charge < -0.3 is 5.32 Å². The van der Waals surface area contributed by atoms with Gasteiger partial charge in [-0.05, 0) is 39.5 Å². The van der Waals surface area contributed by atoms with E-state index in [1.54, 1.807) is 29.5 Å². The summed E-state index contributed by atoms with van der Waals surface area (Å²) in [6.45, 7) is 0.477. The van der Waals surface area contributed by atoms with E-state index >= 15 is 0 Å². The van der Waals surface area contributed by atoms with E-state index < -0.39 is 0 Å². The summed E-state index contributed by atoms with van der Waals surface area (Å²) in [4.78, 5) is 16.8. The summed E-state index contributed by atoms with van der Waals surface area (Å²) < 4.78 is 1.00. The molecule has 3 nitrogen and oxygen atoms in total. The summed E-state index contributed by atoms with van der Waals surface area (Å²) in [5, 5.41) is 5.07. The molecule has 88 valence electrons. The fourth-order valence-corrected chi connectivity index (χ4v) is 2.83. The average molecular weight is 332 g/mol. The second kappa shape index (κ2) is 5.62. The molecule has 0 aromatic carbocycles. The van der Waals surface area contributed by atoms with Crippen LogP contribution in [0.25, 0.3) is 0 Å². The largest absolute Gasteiger partial charge is 0.346 e. The number of carbonyl (C=O) groups excluding carboxylic acids is 1. The van der Waals surface area contributed by atoms with Gasteiger partial charge in [0.05, 0.1) is 6.54 Å². The fraction of sp³-hybridized carbons (Fsp3) is 0.0909. The normalized spacial score (nSPS) is 10.2. The molecule has 0 saturated carbocycles. The van der Waals surface area contributed by atoms with Crippen molar-refractivity contribution in [3.05, 3.63) is 49.8 Å². The number of hydrogen-bond acceptors (Lipinski definition) is 3. The van der Waals surface area contributed by atoms with Crippen LogP contribution in [0.1, 0.15) is 15.4 Å². The first kappa shape index (κ1) is 12.5. The molecule has 17 heavy (non-hydrogen) atoms. The Morgan fingerprint density at radius 2 is 2.29 bits per heavy atom. The van der Waals surface area contributed by atoms with Gasteiger partial charge in [-0.1, -0.05) is 17.7 Å². The SMILES string of the molecule is O=C(NCc1sccc1Br)c1cccc(Cl)n1. The van der Waals surface area contributed by atoms with Crippen molar-refractivity contribution in [1.82, 2.24) is 10.3 Å². The maximum absolute atomic E-state index is 11.8. The molecule has 0 saturated heterocycles. The van der Waals surface area contributed by atoms with E-state index in [-0.39, 0.29) is 5.91 Å². The van der Waals surface area contributed by atoms with Gasteiger partial charge in [0.15, 0.2) is 0 Å². The summed E-state index contributed by atoms with van der Waals surface area (Å²) in [7, 11) is 0. The highest BCUT2D eigenvalue weighted by atomic mass is 79.9. The molecule has 0 spiro atoms. The van der Waals surface area contributed by atoms with E-state index in [9.17, 15) is 4.79 Å². The molecule has 0 aliphatic heterocycles. The quantitative estimate of drug-likeness (QED) is 0.875. The number of rotatable bonds is 3. The summed E-state index contributed by atoms with van der Waals surface area (Å²) >= 11 is 10.7. The van der Waals surface area contributed by atoms with Crippen molar-refractivity contribution in [3.8, 4) is 0 Å². The van der Waals surface area contributed by atoms with E-state index in [2.05, 4.69) is 26.2 Å². The van der Waals surface area contributed by atoms with Gasteiger partial charge in [-0.25, -0.2) is 4.98 Å². The molecule has 1 amide bonds. The van der Waals surface area contributed by atoms with Gasteiger partial charge >= 0.3 is 0 Å². The minimum atomic E-state index is -0.229. The molecule has 1 N–H and O–H groups in total. The number of nitrogens with zero attached hydrogens (tertiary/aromatic N) is 1. The summed E-state index contributed by atoms with van der Waals surface area (Å²) in [6.07, 6.45) is 0. The number of amides is 1. The highest BCUT2D eigenvalue weighted by Crippen LogP contribution is 2.22. The minimum Gasteiger partial charge on any atom is -0.346 e. The molecule has 0 fully saturated rings. The lowest BCUT2D eigenvalue weighted by molar-refractivity contribution is 0.0946. The van der Waals surface area contributed by atoms with Crippen LogP contribution in [0, 0.1) is 0 Å². The van der Waals surface area contributed by atoms with Gasteiger partial charge in [-0.3, -0.25) is 4.79 Å². The molecular weight excluding hydrogens is 324 g/mol. The number of halogens is 2. The average Bonchev–Trinajstić information content (AvgIpc) is 2.72. The maximum Gasteiger partial charge on any atom is 0.270 e. The maximum atomic E-state index is 11.8. The molecule has 2 aromatic rings. The van der Waals surface area contributed by atoms with Crippen LogP contribution in [0.5, 0.6) is 0 Å². The van der Waals surface area contributed by atoms with Crippen molar-refractivity contribution in [2.45, 2.75) is 6.54 Å².